The van der Waals surface area contributed by atoms with Crippen molar-refractivity contribution in [1.82, 2.24) is 0 Å². The Bertz CT molecular complexity index is 391. The summed E-state index contributed by atoms with van der Waals surface area (Å²) in [5.74, 6) is 0. The Balaban J connectivity index is 1.66. The van der Waals surface area contributed by atoms with Crippen LogP contribution in [0.25, 0.3) is 0 Å². The molecular weight excluding hydrogens is 446 g/mol. The molecular formula is C24H40Se2. The van der Waals surface area contributed by atoms with E-state index in [-0.39, 0.29) is 0 Å². The van der Waals surface area contributed by atoms with Gasteiger partial charge in [-0.1, -0.05) is 0 Å². The van der Waals surface area contributed by atoms with E-state index in [9.17, 15) is 0 Å². The van der Waals surface area contributed by atoms with Crippen LogP contribution in [0.2, 0.25) is 0 Å². The molecule has 0 fully saturated rings. The van der Waals surface area contributed by atoms with Crippen molar-refractivity contribution in [3.05, 3.63) is 17.9 Å². The number of allylic oxidation sites excluding steroid dienone is 4. The zero-order valence-electron chi connectivity index (χ0n) is 17.0. The van der Waals surface area contributed by atoms with E-state index in [1.807, 2.05) is 17.9 Å². The quantitative estimate of drug-likeness (QED) is 0.308. The van der Waals surface area contributed by atoms with Crippen LogP contribution in [0, 0.1) is 0 Å². The molecule has 1 heterocycles. The average Bonchev–Trinajstić information content (AvgIpc) is 2.63. The summed E-state index contributed by atoms with van der Waals surface area (Å²) < 4.78 is 7.96. The third kappa shape index (κ3) is 7.50. The summed E-state index contributed by atoms with van der Waals surface area (Å²) in [5.41, 5.74) is 0. The summed E-state index contributed by atoms with van der Waals surface area (Å²) in [6.07, 6.45) is 29.7. The predicted molar refractivity (Wildman–Crippen MR) is 118 cm³/mol. The van der Waals surface area contributed by atoms with Gasteiger partial charge in [0, 0.05) is 0 Å². The molecule has 2 aliphatic carbocycles. The molecule has 0 unspecified atom stereocenters. The van der Waals surface area contributed by atoms with Crippen molar-refractivity contribution in [1.29, 1.82) is 0 Å². The van der Waals surface area contributed by atoms with Crippen molar-refractivity contribution in [2.45, 2.75) is 128 Å². The van der Waals surface area contributed by atoms with Gasteiger partial charge in [0.25, 0.3) is 0 Å². The van der Waals surface area contributed by atoms with Gasteiger partial charge in [0.15, 0.2) is 0 Å². The van der Waals surface area contributed by atoms with Crippen molar-refractivity contribution in [3.8, 4) is 0 Å². The third-order valence-corrected chi connectivity index (χ3v) is 13.4. The van der Waals surface area contributed by atoms with E-state index in [2.05, 4.69) is 0 Å². The number of hydrogen-bond donors (Lipinski definition) is 0. The minimum atomic E-state index is 0.735. The molecule has 0 amide bonds. The fourth-order valence-corrected chi connectivity index (χ4v) is 11.5. The van der Waals surface area contributed by atoms with Gasteiger partial charge in [-0.2, -0.15) is 0 Å². The summed E-state index contributed by atoms with van der Waals surface area (Å²) >= 11 is 1.47. The van der Waals surface area contributed by atoms with E-state index < -0.39 is 0 Å². The molecule has 0 nitrogen and oxygen atoms in total. The predicted octanol–water partition coefficient (Wildman–Crippen LogP) is 7.66. The fourth-order valence-electron chi connectivity index (χ4n) is 4.55. The first-order valence-corrected chi connectivity index (χ1v) is 15.2. The van der Waals surface area contributed by atoms with Crippen LogP contribution in [0.15, 0.2) is 17.9 Å². The van der Waals surface area contributed by atoms with Crippen molar-refractivity contribution in [2.24, 2.45) is 0 Å². The summed E-state index contributed by atoms with van der Waals surface area (Å²) in [4.78, 5) is 0. The molecule has 0 saturated carbocycles. The number of hydrogen-bond acceptors (Lipinski definition) is 0. The van der Waals surface area contributed by atoms with Gasteiger partial charge >= 0.3 is 176 Å². The Morgan fingerprint density at radius 2 is 0.462 bits per heavy atom. The van der Waals surface area contributed by atoms with Crippen LogP contribution < -0.4 is 0 Å². The van der Waals surface area contributed by atoms with E-state index in [1.54, 1.807) is 0 Å². The van der Waals surface area contributed by atoms with Gasteiger partial charge in [0.1, 0.15) is 0 Å². The molecule has 0 N–H and O–H groups in total. The van der Waals surface area contributed by atoms with Crippen molar-refractivity contribution in [2.75, 3.05) is 0 Å². The van der Waals surface area contributed by atoms with Crippen LogP contribution in [0.5, 0.6) is 0 Å². The van der Waals surface area contributed by atoms with Gasteiger partial charge in [-0.3, -0.25) is 0 Å². The van der Waals surface area contributed by atoms with Gasteiger partial charge in [-0.25, -0.2) is 0 Å². The molecule has 3 rings (SSSR count). The molecule has 148 valence electrons. The van der Waals surface area contributed by atoms with Crippen LogP contribution in [0.4, 0.5) is 0 Å². The Hall–Kier alpha value is 0.519. The first-order valence-electron chi connectivity index (χ1n) is 11.7. The van der Waals surface area contributed by atoms with E-state index in [1.165, 1.54) is 128 Å². The van der Waals surface area contributed by atoms with Crippen LogP contribution in [0.1, 0.15) is 128 Å². The van der Waals surface area contributed by atoms with Gasteiger partial charge in [-0.15, -0.1) is 0 Å². The van der Waals surface area contributed by atoms with Gasteiger partial charge in [-0.05, 0) is 0 Å². The molecule has 0 saturated heterocycles. The SMILES string of the molecule is C1CCCCCC2=C(CCCC1)[Se]C1=C(CCCCCCCCCC1)[Se]2. The number of rotatable bonds is 0. The normalized spacial score (nSPS) is 25.8. The van der Waals surface area contributed by atoms with Gasteiger partial charge in [0.2, 0.25) is 0 Å². The monoisotopic (exact) mass is 488 g/mol. The molecule has 0 spiro atoms. The van der Waals surface area contributed by atoms with Crippen molar-refractivity contribution < 1.29 is 0 Å². The average molecular weight is 487 g/mol. The van der Waals surface area contributed by atoms with E-state index in [4.69, 9.17) is 0 Å². The molecule has 0 aromatic rings. The molecule has 26 heavy (non-hydrogen) atoms. The maximum absolute atomic E-state index is 1.99. The molecule has 0 bridgehead atoms. The van der Waals surface area contributed by atoms with E-state index >= 15 is 0 Å². The molecule has 2 heteroatoms. The molecule has 0 atom stereocenters. The Morgan fingerprint density at radius 1 is 0.269 bits per heavy atom. The molecule has 0 aromatic heterocycles. The second-order valence-electron chi connectivity index (χ2n) is 8.55. The Kier molecular flexibility index (Phi) is 10.5. The van der Waals surface area contributed by atoms with Crippen molar-refractivity contribution >= 4 is 29.9 Å². The van der Waals surface area contributed by atoms with Gasteiger partial charge in [0.05, 0.1) is 0 Å². The summed E-state index contributed by atoms with van der Waals surface area (Å²) in [5, 5.41) is 0. The van der Waals surface area contributed by atoms with E-state index in [0.717, 1.165) is 29.9 Å². The minimum absolute atomic E-state index is 0.735. The topological polar surface area (TPSA) is 0 Å². The van der Waals surface area contributed by atoms with Crippen LogP contribution >= 0.6 is 0 Å². The zero-order chi connectivity index (χ0) is 17.9. The maximum atomic E-state index is 1.99. The van der Waals surface area contributed by atoms with Crippen molar-refractivity contribution in [3.63, 3.8) is 0 Å². The first kappa shape index (κ1) is 21.2. The van der Waals surface area contributed by atoms with Crippen LogP contribution in [0.3, 0.4) is 0 Å². The van der Waals surface area contributed by atoms with Gasteiger partial charge < -0.3 is 0 Å². The fraction of sp³-hybridized carbons (Fsp3) is 0.833. The second kappa shape index (κ2) is 12.9. The first-order chi connectivity index (χ1) is 12.9. The summed E-state index contributed by atoms with van der Waals surface area (Å²) in [7, 11) is 0. The van der Waals surface area contributed by atoms with Crippen LogP contribution in [-0.2, 0) is 0 Å². The van der Waals surface area contributed by atoms with Crippen LogP contribution in [-0.4, -0.2) is 29.9 Å². The third-order valence-electron chi connectivity index (χ3n) is 6.23. The zero-order valence-corrected chi connectivity index (χ0v) is 20.4. The Morgan fingerprint density at radius 3 is 0.692 bits per heavy atom. The molecule has 3 aliphatic rings. The second-order valence-corrected chi connectivity index (χ2v) is 13.5. The molecule has 0 aromatic carbocycles. The summed E-state index contributed by atoms with van der Waals surface area (Å²) in [6, 6.07) is 0. The molecule has 0 radical (unpaired) electrons. The molecule has 1 aliphatic heterocycles. The van der Waals surface area contributed by atoms with E-state index in [0.29, 0.717) is 0 Å². The Labute approximate surface area is 175 Å². The summed E-state index contributed by atoms with van der Waals surface area (Å²) in [6.45, 7) is 0. The standard InChI is InChI=1S/C24H40Se2/c1-2-6-10-14-18-22-21(17-13-9-5-1)25-23-19-15-11-7-3-4-8-12-16-20-24(23)26-22/h1-20H2.